The summed E-state index contributed by atoms with van der Waals surface area (Å²) in [5.74, 6) is 3.98. The van der Waals surface area contributed by atoms with Crippen LogP contribution < -0.4 is 0 Å². The van der Waals surface area contributed by atoms with Gasteiger partial charge in [-0.15, -0.1) is 0 Å². The Morgan fingerprint density at radius 2 is 1.89 bits per heavy atom. The van der Waals surface area contributed by atoms with Gasteiger partial charge in [-0.3, -0.25) is 9.59 Å². The molecule has 0 amide bonds. The molecule has 4 fully saturated rings. The molecule has 0 N–H and O–H groups in total. The fraction of sp³-hybridized carbons (Fsp3) is 0.920. The lowest BCUT2D eigenvalue weighted by Crippen LogP contribution is -2.57. The highest BCUT2D eigenvalue weighted by Gasteiger charge is 2.63. The highest BCUT2D eigenvalue weighted by Crippen LogP contribution is 2.67. The van der Waals surface area contributed by atoms with Gasteiger partial charge in [-0.05, 0) is 85.4 Å². The van der Waals surface area contributed by atoms with Crippen LogP contribution in [-0.4, -0.2) is 18.9 Å². The molecule has 4 saturated carbocycles. The van der Waals surface area contributed by atoms with E-state index in [1.807, 2.05) is 0 Å². The van der Waals surface area contributed by atoms with E-state index >= 15 is 0 Å². The van der Waals surface area contributed by atoms with Crippen LogP contribution in [0.1, 0.15) is 91.4 Å². The Morgan fingerprint density at radius 1 is 1.11 bits per heavy atom. The van der Waals surface area contributed by atoms with Crippen molar-refractivity contribution in [2.45, 2.75) is 91.4 Å². The lowest BCUT2D eigenvalue weighted by atomic mass is 9.44. The molecule has 0 bridgehead atoms. The normalized spacial score (nSPS) is 46.3. The standard InChI is InChI=1S/C25H40O3/c1-16(8-13-22(27)28-4)19-11-12-20-18-10-9-17-7-5-6-14-24(17,2)23(18)21(26)15-25(19,20)3/h16-20,23H,5-15H2,1-4H3/t16-,17?,18+,19-,20+,23-,24+,25-/m1/s1. The average molecular weight is 389 g/mol. The monoisotopic (exact) mass is 388 g/mol. The number of hydrogen-bond acceptors (Lipinski definition) is 3. The van der Waals surface area contributed by atoms with Crippen molar-refractivity contribution >= 4 is 11.8 Å². The molecule has 158 valence electrons. The van der Waals surface area contributed by atoms with Crippen molar-refractivity contribution in [2.75, 3.05) is 7.11 Å². The predicted molar refractivity (Wildman–Crippen MR) is 111 cm³/mol. The first kappa shape index (κ1) is 20.4. The molecule has 1 unspecified atom stereocenters. The molecule has 0 aromatic carbocycles. The third-order valence-corrected chi connectivity index (χ3v) is 10.1. The first-order valence-electron chi connectivity index (χ1n) is 11.9. The molecule has 0 aliphatic heterocycles. The van der Waals surface area contributed by atoms with Gasteiger partial charge in [-0.1, -0.05) is 33.6 Å². The molecule has 4 aliphatic rings. The lowest BCUT2D eigenvalue weighted by molar-refractivity contribution is -0.158. The first-order valence-corrected chi connectivity index (χ1v) is 11.9. The zero-order valence-corrected chi connectivity index (χ0v) is 18.5. The van der Waals surface area contributed by atoms with Crippen LogP contribution in [0.2, 0.25) is 0 Å². The molecule has 4 aliphatic carbocycles. The smallest absolute Gasteiger partial charge is 0.305 e. The van der Waals surface area contributed by atoms with Crippen molar-refractivity contribution in [3.8, 4) is 0 Å². The van der Waals surface area contributed by atoms with E-state index in [9.17, 15) is 9.59 Å². The van der Waals surface area contributed by atoms with Crippen molar-refractivity contribution in [3.05, 3.63) is 0 Å². The van der Waals surface area contributed by atoms with E-state index < -0.39 is 0 Å². The van der Waals surface area contributed by atoms with Crippen molar-refractivity contribution in [2.24, 2.45) is 46.3 Å². The second kappa shape index (κ2) is 7.43. The molecule has 3 heteroatoms. The lowest BCUT2D eigenvalue weighted by Gasteiger charge is -2.59. The fourth-order valence-corrected chi connectivity index (χ4v) is 8.73. The number of esters is 1. The predicted octanol–water partition coefficient (Wildman–Crippen LogP) is 5.80. The van der Waals surface area contributed by atoms with Crippen LogP contribution in [0.4, 0.5) is 0 Å². The summed E-state index contributed by atoms with van der Waals surface area (Å²) in [4.78, 5) is 25.3. The van der Waals surface area contributed by atoms with E-state index in [-0.39, 0.29) is 16.8 Å². The van der Waals surface area contributed by atoms with Gasteiger partial charge in [0.25, 0.3) is 0 Å². The number of fused-ring (bicyclic) bond motifs is 5. The number of ether oxygens (including phenoxy) is 1. The number of Topliss-reactive ketones (excluding diaryl/α,β-unsaturated/α-hetero) is 1. The van der Waals surface area contributed by atoms with Gasteiger partial charge < -0.3 is 4.74 Å². The summed E-state index contributed by atoms with van der Waals surface area (Å²) in [7, 11) is 1.47. The summed E-state index contributed by atoms with van der Waals surface area (Å²) < 4.78 is 4.85. The number of carbonyl (C=O) groups excluding carboxylic acids is 2. The molecule has 28 heavy (non-hydrogen) atoms. The second-order valence-electron chi connectivity index (χ2n) is 11.2. The van der Waals surface area contributed by atoms with Gasteiger partial charge in [0.05, 0.1) is 7.11 Å². The van der Waals surface area contributed by atoms with E-state index in [4.69, 9.17) is 4.74 Å². The molecule has 0 aromatic rings. The van der Waals surface area contributed by atoms with Gasteiger partial charge in [-0.2, -0.15) is 0 Å². The van der Waals surface area contributed by atoms with Gasteiger partial charge >= 0.3 is 5.97 Å². The average Bonchev–Trinajstić information content (AvgIpc) is 3.01. The third-order valence-electron chi connectivity index (χ3n) is 10.1. The molecular formula is C25H40O3. The summed E-state index contributed by atoms with van der Waals surface area (Å²) >= 11 is 0. The van der Waals surface area contributed by atoms with Crippen molar-refractivity contribution in [1.82, 2.24) is 0 Å². The molecule has 0 spiro atoms. The number of carbonyl (C=O) groups is 2. The van der Waals surface area contributed by atoms with Gasteiger partial charge in [0, 0.05) is 18.8 Å². The van der Waals surface area contributed by atoms with E-state index in [0.29, 0.717) is 41.8 Å². The van der Waals surface area contributed by atoms with Crippen molar-refractivity contribution in [1.29, 1.82) is 0 Å². The Hall–Kier alpha value is -0.860. The first-order chi connectivity index (χ1) is 13.3. The SMILES string of the molecule is COC(=O)CC[C@@H](C)[C@H]1CC[C@H]2[C@@H]3CCC4CCCC[C@]4(C)[C@H]3C(=O)C[C@]12C. The Morgan fingerprint density at radius 3 is 2.64 bits per heavy atom. The number of rotatable bonds is 4. The maximum atomic E-state index is 13.6. The minimum absolute atomic E-state index is 0.102. The Bertz CT molecular complexity index is 627. The van der Waals surface area contributed by atoms with Gasteiger partial charge in [-0.25, -0.2) is 0 Å². The van der Waals surface area contributed by atoms with E-state index in [0.717, 1.165) is 18.8 Å². The topological polar surface area (TPSA) is 43.4 Å². The minimum atomic E-state index is -0.102. The summed E-state index contributed by atoms with van der Waals surface area (Å²) in [6.07, 6.45) is 12.6. The second-order valence-corrected chi connectivity index (χ2v) is 11.2. The third kappa shape index (κ3) is 3.06. The summed E-state index contributed by atoms with van der Waals surface area (Å²) in [5.41, 5.74) is 0.416. The van der Waals surface area contributed by atoms with Crippen LogP contribution in [0, 0.1) is 46.3 Å². The van der Waals surface area contributed by atoms with Crippen LogP contribution in [0.15, 0.2) is 0 Å². The van der Waals surface area contributed by atoms with E-state index in [1.165, 1.54) is 58.5 Å². The molecular weight excluding hydrogens is 348 g/mol. The van der Waals surface area contributed by atoms with Crippen LogP contribution in [0.25, 0.3) is 0 Å². The highest BCUT2D eigenvalue weighted by molar-refractivity contribution is 5.84. The highest BCUT2D eigenvalue weighted by atomic mass is 16.5. The zero-order chi connectivity index (χ0) is 20.1. The molecule has 0 aromatic heterocycles. The summed E-state index contributed by atoms with van der Waals surface area (Å²) in [6, 6.07) is 0. The molecule has 0 heterocycles. The van der Waals surface area contributed by atoms with E-state index in [2.05, 4.69) is 20.8 Å². The molecule has 4 rings (SSSR count). The van der Waals surface area contributed by atoms with Gasteiger partial charge in [0.1, 0.15) is 5.78 Å². The Kier molecular flexibility index (Phi) is 5.42. The van der Waals surface area contributed by atoms with Crippen LogP contribution in [-0.2, 0) is 14.3 Å². The molecule has 0 saturated heterocycles. The number of hydrogen-bond donors (Lipinski definition) is 0. The summed E-state index contributed by atoms with van der Waals surface area (Å²) in [5, 5.41) is 0. The molecule has 3 nitrogen and oxygen atoms in total. The summed E-state index contributed by atoms with van der Waals surface area (Å²) in [6.45, 7) is 7.20. The van der Waals surface area contributed by atoms with Gasteiger partial charge in [0.2, 0.25) is 0 Å². The molecule has 8 atom stereocenters. The zero-order valence-electron chi connectivity index (χ0n) is 18.5. The van der Waals surface area contributed by atoms with Crippen LogP contribution in [0.5, 0.6) is 0 Å². The number of ketones is 1. The minimum Gasteiger partial charge on any atom is -0.469 e. The number of methoxy groups -OCH3 is 1. The fourth-order valence-electron chi connectivity index (χ4n) is 8.73. The van der Waals surface area contributed by atoms with Crippen LogP contribution >= 0.6 is 0 Å². The van der Waals surface area contributed by atoms with Gasteiger partial charge in [0.15, 0.2) is 0 Å². The maximum absolute atomic E-state index is 13.6. The Balaban J connectivity index is 1.55. The molecule has 0 radical (unpaired) electrons. The van der Waals surface area contributed by atoms with E-state index in [1.54, 1.807) is 0 Å². The van der Waals surface area contributed by atoms with Crippen LogP contribution in [0.3, 0.4) is 0 Å². The largest absolute Gasteiger partial charge is 0.469 e. The maximum Gasteiger partial charge on any atom is 0.305 e. The van der Waals surface area contributed by atoms with Crippen molar-refractivity contribution < 1.29 is 14.3 Å². The van der Waals surface area contributed by atoms with Crippen molar-refractivity contribution in [3.63, 3.8) is 0 Å². The Labute approximate surface area is 171 Å². The quantitative estimate of drug-likeness (QED) is 0.571.